The van der Waals surface area contributed by atoms with E-state index in [0.29, 0.717) is 24.0 Å². The highest BCUT2D eigenvalue weighted by atomic mass is 16.5. The van der Waals surface area contributed by atoms with Crippen molar-refractivity contribution in [2.45, 2.75) is 51.0 Å². The van der Waals surface area contributed by atoms with E-state index >= 15 is 0 Å². The van der Waals surface area contributed by atoms with E-state index < -0.39 is 41.7 Å². The summed E-state index contributed by atoms with van der Waals surface area (Å²) in [4.78, 5) is 49.9. The lowest BCUT2D eigenvalue weighted by Crippen LogP contribution is -2.44. The number of hydrogen-bond donors (Lipinski definition) is 6. The number of benzene rings is 3. The molecule has 4 unspecified atom stereocenters. The van der Waals surface area contributed by atoms with Gasteiger partial charge in [0.05, 0.1) is 16.7 Å². The zero-order valence-electron chi connectivity index (χ0n) is 27.1. The van der Waals surface area contributed by atoms with Gasteiger partial charge in [0.2, 0.25) is 17.7 Å². The summed E-state index contributed by atoms with van der Waals surface area (Å²) < 4.78 is 11.6. The monoisotopic (exact) mass is 673 g/mol. The Labute approximate surface area is 282 Å². The second kappa shape index (κ2) is 15.4. The van der Waals surface area contributed by atoms with E-state index in [4.69, 9.17) is 9.47 Å². The minimum Gasteiger partial charge on any atom is -0.507 e. The van der Waals surface area contributed by atoms with Gasteiger partial charge in [-0.05, 0) is 63.1 Å². The average Bonchev–Trinajstić information content (AvgIpc) is 3.67. The Morgan fingerprint density at radius 3 is 1.80 bits per heavy atom. The molecule has 258 valence electrons. The first-order valence-electron chi connectivity index (χ1n) is 16.0. The molecule has 0 saturated carbocycles. The van der Waals surface area contributed by atoms with Gasteiger partial charge in [-0.1, -0.05) is 30.3 Å². The molecular weight excluding hydrogens is 634 g/mol. The number of ether oxygens (including phenoxy) is 2. The van der Waals surface area contributed by atoms with Gasteiger partial charge in [0.15, 0.2) is 23.6 Å². The summed E-state index contributed by atoms with van der Waals surface area (Å²) in [6.07, 6.45) is -0.429. The van der Waals surface area contributed by atoms with Gasteiger partial charge in [-0.2, -0.15) is 0 Å². The predicted molar refractivity (Wildman–Crippen MR) is 179 cm³/mol. The minimum atomic E-state index is -0.887. The molecule has 0 bridgehead atoms. The van der Waals surface area contributed by atoms with Gasteiger partial charge in [-0.3, -0.25) is 14.4 Å². The lowest BCUT2D eigenvalue weighted by molar-refractivity contribution is -0.134. The molecule has 49 heavy (non-hydrogen) atoms. The van der Waals surface area contributed by atoms with E-state index in [9.17, 15) is 34.8 Å². The summed E-state index contributed by atoms with van der Waals surface area (Å²) in [5, 5.41) is 45.7. The number of nitrogens with zero attached hydrogens (tertiary/aromatic N) is 3. The van der Waals surface area contributed by atoms with Crippen molar-refractivity contribution < 1.29 is 44.3 Å². The van der Waals surface area contributed by atoms with Crippen LogP contribution < -0.4 is 10.6 Å². The second-order valence-corrected chi connectivity index (χ2v) is 11.7. The predicted octanol–water partition coefficient (Wildman–Crippen LogP) is 2.43. The van der Waals surface area contributed by atoms with Crippen LogP contribution in [0.2, 0.25) is 0 Å². The first-order valence-corrected chi connectivity index (χ1v) is 16.0. The van der Waals surface area contributed by atoms with Crippen LogP contribution in [0.5, 0.6) is 23.0 Å². The van der Waals surface area contributed by atoms with Crippen LogP contribution in [0.3, 0.4) is 0 Å². The van der Waals surface area contributed by atoms with Crippen LogP contribution in [-0.4, -0.2) is 105 Å². The molecule has 5 rings (SSSR count). The third-order valence-electron chi connectivity index (χ3n) is 8.15. The van der Waals surface area contributed by atoms with E-state index in [2.05, 4.69) is 20.6 Å². The zero-order valence-corrected chi connectivity index (χ0v) is 27.1. The number of aromatic hydroxyl groups is 4. The third-order valence-corrected chi connectivity index (χ3v) is 8.15. The van der Waals surface area contributed by atoms with Gasteiger partial charge in [-0.25, -0.2) is 9.98 Å². The maximum absolute atomic E-state index is 13.8. The van der Waals surface area contributed by atoms with Crippen LogP contribution in [0.25, 0.3) is 0 Å². The molecule has 0 saturated heterocycles. The largest absolute Gasteiger partial charge is 0.507 e. The molecule has 3 aromatic rings. The van der Waals surface area contributed by atoms with Crippen LogP contribution >= 0.6 is 0 Å². The number of phenols is 4. The topological polar surface area (TPSA) is 203 Å². The Morgan fingerprint density at radius 2 is 1.20 bits per heavy atom. The van der Waals surface area contributed by atoms with E-state index in [1.165, 1.54) is 30.3 Å². The average molecular weight is 674 g/mol. The Kier molecular flexibility index (Phi) is 10.9. The first-order chi connectivity index (χ1) is 23.5. The van der Waals surface area contributed by atoms with Crippen LogP contribution in [0.15, 0.2) is 76.7 Å². The van der Waals surface area contributed by atoms with Crippen molar-refractivity contribution >= 4 is 29.5 Å². The molecule has 2 heterocycles. The smallest absolute Gasteiger partial charge is 0.255 e. The van der Waals surface area contributed by atoms with Crippen molar-refractivity contribution in [1.29, 1.82) is 0 Å². The number of carbonyl (C=O) groups is 3. The van der Waals surface area contributed by atoms with Crippen LogP contribution in [0.4, 0.5) is 0 Å². The molecule has 4 atom stereocenters. The van der Waals surface area contributed by atoms with Crippen molar-refractivity contribution in [1.82, 2.24) is 15.5 Å². The summed E-state index contributed by atoms with van der Waals surface area (Å²) in [6, 6.07) is 15.5. The minimum absolute atomic E-state index is 0.00431. The highest BCUT2D eigenvalue weighted by Crippen LogP contribution is 2.28. The van der Waals surface area contributed by atoms with E-state index in [1.807, 2.05) is 0 Å². The fourth-order valence-corrected chi connectivity index (χ4v) is 5.49. The van der Waals surface area contributed by atoms with Crippen LogP contribution in [0.1, 0.15) is 48.2 Å². The molecule has 14 heteroatoms. The molecule has 3 amide bonds. The van der Waals surface area contributed by atoms with Crippen molar-refractivity contribution in [3.05, 3.63) is 83.4 Å². The summed E-state index contributed by atoms with van der Waals surface area (Å²) in [6.45, 7) is 4.29. The summed E-state index contributed by atoms with van der Waals surface area (Å²) in [7, 11) is 0. The van der Waals surface area contributed by atoms with E-state index in [-0.39, 0.29) is 66.9 Å². The fraction of sp³-hybridized carbons (Fsp3) is 0.343. The van der Waals surface area contributed by atoms with Gasteiger partial charge < -0.3 is 45.4 Å². The summed E-state index contributed by atoms with van der Waals surface area (Å²) >= 11 is 0. The molecule has 0 spiro atoms. The fourth-order valence-electron chi connectivity index (χ4n) is 5.49. The third kappa shape index (κ3) is 8.03. The van der Waals surface area contributed by atoms with Crippen molar-refractivity contribution in [2.24, 2.45) is 9.98 Å². The Balaban J connectivity index is 1.21. The number of para-hydroxylation sites is 3. The summed E-state index contributed by atoms with van der Waals surface area (Å²) in [5.41, 5.74) is 0.688. The lowest BCUT2D eigenvalue weighted by Gasteiger charge is -2.26. The lowest BCUT2D eigenvalue weighted by atomic mass is 10.1. The van der Waals surface area contributed by atoms with Crippen LogP contribution in [0, 0.1) is 0 Å². The Morgan fingerprint density at radius 1 is 0.694 bits per heavy atom. The number of amides is 3. The molecule has 6 N–H and O–H groups in total. The number of hydrogen-bond acceptors (Lipinski definition) is 11. The molecule has 0 aliphatic carbocycles. The zero-order chi connectivity index (χ0) is 35.1. The molecule has 0 radical (unpaired) electrons. The Bertz CT molecular complexity index is 1760. The number of nitrogens with one attached hydrogen (secondary N) is 2. The van der Waals surface area contributed by atoms with Gasteiger partial charge in [0.25, 0.3) is 11.8 Å². The van der Waals surface area contributed by atoms with Gasteiger partial charge in [-0.15, -0.1) is 0 Å². The normalized spacial score (nSPS) is 19.6. The SMILES string of the molecule is CC1OC(c2ccccc2O)=NC1C(=O)NCCCN(CCCNC(=O)c1cccc(O)c1O)C(=O)C1N=C(c2ccccc2O)OC1C. The maximum Gasteiger partial charge on any atom is 0.255 e. The molecule has 0 aromatic heterocycles. The quantitative estimate of drug-likeness (QED) is 0.116. The van der Waals surface area contributed by atoms with Gasteiger partial charge >= 0.3 is 0 Å². The summed E-state index contributed by atoms with van der Waals surface area (Å²) in [5.74, 6) is -1.88. The van der Waals surface area contributed by atoms with E-state index in [0.717, 1.165) is 0 Å². The molecule has 14 nitrogen and oxygen atoms in total. The maximum atomic E-state index is 13.8. The van der Waals surface area contributed by atoms with Gasteiger partial charge in [0, 0.05) is 26.2 Å². The first kappa shape index (κ1) is 34.5. The Hall–Kier alpha value is -5.79. The molecule has 2 aliphatic heterocycles. The van der Waals surface area contributed by atoms with Gasteiger partial charge in [0.1, 0.15) is 23.7 Å². The number of carbonyl (C=O) groups excluding carboxylic acids is 3. The highest BCUT2D eigenvalue weighted by Gasteiger charge is 2.37. The molecular formula is C35H39N5O9. The molecule has 2 aliphatic rings. The van der Waals surface area contributed by atoms with Crippen molar-refractivity contribution in [3.8, 4) is 23.0 Å². The second-order valence-electron chi connectivity index (χ2n) is 11.7. The van der Waals surface area contributed by atoms with Crippen molar-refractivity contribution in [3.63, 3.8) is 0 Å². The standard InChI is InChI=1S/C35H39N5O9/c1-20-28(38-33(48-20)22-10-3-5-13-25(22)41)32(46)37-17-9-19-40(18-8-16-36-31(45)24-12-7-15-27(43)30(24)44)35(47)29-21(2)49-34(39-29)23-11-4-6-14-26(23)42/h3-7,10-15,20-21,28-29,41-44H,8-9,16-19H2,1-2H3,(H,36,45)(H,37,46). The molecule has 0 fully saturated rings. The van der Waals surface area contributed by atoms with E-state index in [1.54, 1.807) is 55.1 Å². The van der Waals surface area contributed by atoms with Crippen LogP contribution in [-0.2, 0) is 19.1 Å². The molecule has 3 aromatic carbocycles. The van der Waals surface area contributed by atoms with Crippen molar-refractivity contribution in [2.75, 3.05) is 26.2 Å². The highest BCUT2D eigenvalue weighted by molar-refractivity contribution is 6.01. The number of aliphatic imine (C=N–C) groups is 2. The number of rotatable bonds is 13. The number of phenolic OH excluding ortho intramolecular Hbond substituents is 4.